The van der Waals surface area contributed by atoms with Crippen molar-refractivity contribution in [2.75, 3.05) is 18.9 Å². The van der Waals surface area contributed by atoms with Crippen LogP contribution >= 0.6 is 0 Å². The molecule has 0 fully saturated rings. The Labute approximate surface area is 168 Å². The highest BCUT2D eigenvalue weighted by Gasteiger charge is 2.27. The van der Waals surface area contributed by atoms with Gasteiger partial charge >= 0.3 is 0 Å². The van der Waals surface area contributed by atoms with E-state index in [9.17, 15) is 8.42 Å². The first-order chi connectivity index (χ1) is 13.9. The van der Waals surface area contributed by atoms with Crippen LogP contribution in [0, 0.1) is 0 Å². The number of rotatable bonds is 7. The molecule has 2 aromatic heterocycles. The second-order valence-corrected chi connectivity index (χ2v) is 8.92. The number of sulfonamides is 1. The third-order valence-electron chi connectivity index (χ3n) is 4.60. The second kappa shape index (κ2) is 7.80. The lowest BCUT2D eigenvalue weighted by Gasteiger charge is -2.19. The first-order valence-corrected chi connectivity index (χ1v) is 10.6. The zero-order valence-electron chi connectivity index (χ0n) is 16.1. The van der Waals surface area contributed by atoms with Gasteiger partial charge in [-0.25, -0.2) is 13.4 Å². The fraction of sp³-hybridized carbons (Fsp3) is 0.316. The number of benzene rings is 1. The maximum Gasteiger partial charge on any atom is 0.246 e. The smallest absolute Gasteiger partial charge is 0.246 e. The molecular weight excluding hydrogens is 394 g/mol. The van der Waals surface area contributed by atoms with Crippen LogP contribution in [0.15, 0.2) is 57.2 Å². The number of hydrogen-bond acceptors (Lipinski definition) is 8. The molecule has 1 aromatic carbocycles. The number of anilines is 1. The topological polar surface area (TPSA) is 110 Å². The molecule has 0 saturated heterocycles. The van der Waals surface area contributed by atoms with Crippen molar-refractivity contribution in [3.63, 3.8) is 0 Å². The fourth-order valence-electron chi connectivity index (χ4n) is 3.08. The maximum atomic E-state index is 13.3. The number of nitrogens with one attached hydrogen (secondary N) is 1. The molecule has 4 rings (SSSR count). The summed E-state index contributed by atoms with van der Waals surface area (Å²) in [5.41, 5.74) is 2.03. The number of aromatic nitrogens is 2. The summed E-state index contributed by atoms with van der Waals surface area (Å²) in [5, 5.41) is 11.7. The van der Waals surface area contributed by atoms with Gasteiger partial charge in [0.1, 0.15) is 23.1 Å². The van der Waals surface area contributed by atoms with E-state index in [1.807, 2.05) is 31.2 Å². The highest BCUT2D eigenvalue weighted by Crippen LogP contribution is 2.27. The van der Waals surface area contributed by atoms with Gasteiger partial charge in [0.05, 0.1) is 30.0 Å². The van der Waals surface area contributed by atoms with Crippen LogP contribution in [0.25, 0.3) is 10.9 Å². The minimum atomic E-state index is -3.84. The van der Waals surface area contributed by atoms with Crippen LogP contribution in [0.5, 0.6) is 0 Å². The van der Waals surface area contributed by atoms with Crippen LogP contribution in [0.2, 0.25) is 0 Å². The van der Waals surface area contributed by atoms with Crippen molar-refractivity contribution >= 4 is 32.5 Å². The Morgan fingerprint density at radius 2 is 2.10 bits per heavy atom. The first kappa shape index (κ1) is 19.3. The number of pyridine rings is 1. The molecule has 0 aliphatic carbocycles. The molecule has 29 heavy (non-hydrogen) atoms. The van der Waals surface area contributed by atoms with E-state index in [0.29, 0.717) is 24.2 Å². The summed E-state index contributed by atoms with van der Waals surface area (Å²) >= 11 is 0. The van der Waals surface area contributed by atoms with Gasteiger partial charge in [-0.1, -0.05) is 28.5 Å². The molecule has 0 saturated carbocycles. The summed E-state index contributed by atoms with van der Waals surface area (Å²) in [7, 11) is -2.34. The van der Waals surface area contributed by atoms with E-state index < -0.39 is 10.0 Å². The highest BCUT2D eigenvalue weighted by molar-refractivity contribution is 7.89. The van der Waals surface area contributed by atoms with Crippen molar-refractivity contribution in [1.82, 2.24) is 14.4 Å². The van der Waals surface area contributed by atoms with Crippen LogP contribution in [0.1, 0.15) is 19.0 Å². The van der Waals surface area contributed by atoms with Crippen LogP contribution in [0.3, 0.4) is 0 Å². The molecule has 1 atom stereocenters. The molecule has 152 valence electrons. The number of hydrogen-bond donors (Lipinski definition) is 1. The van der Waals surface area contributed by atoms with Gasteiger partial charge in [0.2, 0.25) is 10.0 Å². The Balaban J connectivity index is 1.68. The van der Waals surface area contributed by atoms with Crippen molar-refractivity contribution in [3.05, 3.63) is 48.4 Å². The molecule has 10 heteroatoms. The molecule has 0 radical (unpaired) electrons. The Morgan fingerprint density at radius 3 is 2.83 bits per heavy atom. The van der Waals surface area contributed by atoms with Gasteiger partial charge in [0.15, 0.2) is 0 Å². The minimum absolute atomic E-state index is 0.0214. The number of nitrogens with zero attached hydrogens (tertiary/aromatic N) is 4. The van der Waals surface area contributed by atoms with Crippen molar-refractivity contribution in [2.45, 2.75) is 30.9 Å². The van der Waals surface area contributed by atoms with Gasteiger partial charge in [-0.15, -0.1) is 0 Å². The number of para-hydroxylation sites is 1. The average molecular weight is 415 g/mol. The van der Waals surface area contributed by atoms with E-state index in [1.165, 1.54) is 17.6 Å². The van der Waals surface area contributed by atoms with Crippen molar-refractivity contribution in [3.8, 4) is 0 Å². The molecule has 0 spiro atoms. The van der Waals surface area contributed by atoms with Crippen LogP contribution < -0.4 is 5.32 Å². The molecule has 1 unspecified atom stereocenters. The zero-order valence-corrected chi connectivity index (χ0v) is 16.9. The maximum absolute atomic E-state index is 13.3. The van der Waals surface area contributed by atoms with Crippen molar-refractivity contribution in [2.24, 2.45) is 5.16 Å². The van der Waals surface area contributed by atoms with Gasteiger partial charge in [-0.05, 0) is 19.1 Å². The van der Waals surface area contributed by atoms with Crippen molar-refractivity contribution < 1.29 is 17.8 Å². The number of fused-ring (bicyclic) bond motifs is 1. The standard InChI is InChI=1S/C19H21N5O4S/c1-13-9-16(23-28-13)11-20-19-18(10-14-5-3-4-6-17(14)21-19)29(25,26)24(2)12-15-7-8-27-22-15/h3-8,10,13H,9,11-12H2,1-2H3,(H,20,21). The summed E-state index contributed by atoms with van der Waals surface area (Å²) in [5.74, 6) is 0.276. The van der Waals surface area contributed by atoms with E-state index in [2.05, 4.69) is 20.6 Å². The summed E-state index contributed by atoms with van der Waals surface area (Å²) < 4.78 is 32.6. The first-order valence-electron chi connectivity index (χ1n) is 9.14. The normalized spacial score (nSPS) is 16.8. The van der Waals surface area contributed by atoms with Crippen LogP contribution in [-0.2, 0) is 21.4 Å². The third-order valence-corrected chi connectivity index (χ3v) is 6.41. The van der Waals surface area contributed by atoms with Crippen LogP contribution in [0.4, 0.5) is 5.82 Å². The summed E-state index contributed by atoms with van der Waals surface area (Å²) in [6.45, 7) is 2.37. The Morgan fingerprint density at radius 1 is 1.28 bits per heavy atom. The van der Waals surface area contributed by atoms with Gasteiger partial charge < -0.3 is 14.7 Å². The highest BCUT2D eigenvalue weighted by atomic mass is 32.2. The monoisotopic (exact) mass is 415 g/mol. The zero-order chi connectivity index (χ0) is 20.4. The van der Waals surface area contributed by atoms with E-state index in [-0.39, 0.29) is 23.4 Å². The molecule has 3 heterocycles. The molecule has 1 aliphatic rings. The lowest BCUT2D eigenvalue weighted by atomic mass is 10.2. The minimum Gasteiger partial charge on any atom is -0.392 e. The summed E-state index contributed by atoms with van der Waals surface area (Å²) in [6.07, 6.45) is 2.12. The van der Waals surface area contributed by atoms with Crippen molar-refractivity contribution in [1.29, 1.82) is 0 Å². The fourth-order valence-corrected chi connectivity index (χ4v) is 4.36. The Bertz CT molecular complexity index is 1140. The quantitative estimate of drug-likeness (QED) is 0.631. The Kier molecular flexibility index (Phi) is 5.20. The molecular formula is C19H21N5O4S. The third kappa shape index (κ3) is 4.08. The van der Waals surface area contributed by atoms with Gasteiger partial charge in [0.25, 0.3) is 0 Å². The van der Waals surface area contributed by atoms with Gasteiger partial charge in [-0.3, -0.25) is 0 Å². The molecule has 1 N–H and O–H groups in total. The molecule has 9 nitrogen and oxygen atoms in total. The molecule has 0 amide bonds. The molecule has 1 aliphatic heterocycles. The van der Waals surface area contributed by atoms with Gasteiger partial charge in [0, 0.05) is 24.9 Å². The van der Waals surface area contributed by atoms with E-state index in [1.54, 1.807) is 12.1 Å². The van der Waals surface area contributed by atoms with E-state index >= 15 is 0 Å². The lowest BCUT2D eigenvalue weighted by molar-refractivity contribution is 0.0995. The molecule has 0 bridgehead atoms. The van der Waals surface area contributed by atoms with Gasteiger partial charge in [-0.2, -0.15) is 4.31 Å². The Hall–Kier alpha value is -2.98. The largest absolute Gasteiger partial charge is 0.392 e. The molecule has 3 aromatic rings. The van der Waals surface area contributed by atoms with Crippen LogP contribution in [-0.4, -0.2) is 48.3 Å². The average Bonchev–Trinajstić information content (AvgIpc) is 3.37. The second-order valence-electron chi connectivity index (χ2n) is 6.91. The summed E-state index contributed by atoms with van der Waals surface area (Å²) in [6, 6.07) is 10.6. The SMILES string of the molecule is CC1CC(CNc2nc3ccccc3cc2S(=O)(=O)N(C)Cc2ccon2)=NO1. The predicted octanol–water partition coefficient (Wildman–Crippen LogP) is 2.62. The van der Waals surface area contributed by atoms with E-state index in [0.717, 1.165) is 11.1 Å². The lowest BCUT2D eigenvalue weighted by Crippen LogP contribution is -2.28. The predicted molar refractivity (Wildman–Crippen MR) is 108 cm³/mol. The number of oxime groups is 1. The van der Waals surface area contributed by atoms with E-state index in [4.69, 9.17) is 9.36 Å². The summed E-state index contributed by atoms with van der Waals surface area (Å²) in [4.78, 5) is 9.85.